The molecule has 2 aromatic carbocycles. The van der Waals surface area contributed by atoms with Gasteiger partial charge in [0.25, 0.3) is 5.91 Å². The van der Waals surface area contributed by atoms with Gasteiger partial charge in [-0.1, -0.05) is 6.07 Å². The Morgan fingerprint density at radius 2 is 1.70 bits per heavy atom. The highest BCUT2D eigenvalue weighted by atomic mass is 16.5. The van der Waals surface area contributed by atoms with Crippen LogP contribution in [0.5, 0.6) is 11.5 Å². The minimum Gasteiger partial charge on any atom is -0.493 e. The number of benzene rings is 2. The summed E-state index contributed by atoms with van der Waals surface area (Å²) < 4.78 is 12.6. The van der Waals surface area contributed by atoms with Crippen molar-refractivity contribution >= 4 is 17.5 Å². The molecule has 1 heterocycles. The van der Waals surface area contributed by atoms with Crippen LogP contribution in [0.25, 0.3) is 5.69 Å². The Bertz CT molecular complexity index is 1080. The molecule has 0 atom stereocenters. The van der Waals surface area contributed by atoms with Gasteiger partial charge in [0.2, 0.25) is 0 Å². The van der Waals surface area contributed by atoms with Gasteiger partial charge in [-0.05, 0) is 69.2 Å². The van der Waals surface area contributed by atoms with Crippen molar-refractivity contribution in [3.63, 3.8) is 0 Å². The van der Waals surface area contributed by atoms with Crippen LogP contribution < -0.4 is 14.8 Å². The topological polar surface area (TPSA) is 82.4 Å². The number of ether oxygens (including phenoxy) is 2. The summed E-state index contributed by atoms with van der Waals surface area (Å²) in [6.07, 6.45) is 0. The molecule has 0 bridgehead atoms. The average molecular weight is 407 g/mol. The van der Waals surface area contributed by atoms with Crippen molar-refractivity contribution in [3.8, 4) is 17.2 Å². The Morgan fingerprint density at radius 1 is 1.00 bits per heavy atom. The van der Waals surface area contributed by atoms with Crippen molar-refractivity contribution in [2.45, 2.75) is 27.7 Å². The number of ketones is 1. The number of hydrogen-bond acceptors (Lipinski definition) is 5. The lowest BCUT2D eigenvalue weighted by molar-refractivity contribution is -0.118. The molecular weight excluding hydrogens is 382 g/mol. The molecule has 7 nitrogen and oxygen atoms in total. The first-order valence-electron chi connectivity index (χ1n) is 9.54. The molecule has 0 unspecified atom stereocenters. The third-order valence-corrected chi connectivity index (χ3v) is 4.48. The highest BCUT2D eigenvalue weighted by Gasteiger charge is 2.14. The second kappa shape index (κ2) is 8.82. The average Bonchev–Trinajstić information content (AvgIpc) is 3.05. The van der Waals surface area contributed by atoms with E-state index in [0.717, 1.165) is 22.5 Å². The second-order valence-electron chi connectivity index (χ2n) is 7.19. The standard InChI is InChI=1S/C23H25N3O4/c1-14-8-15(2)10-19(9-14)26-22(11-16(3)25-26)24-23(28)13-30-20-7-6-18(17(4)27)12-21(20)29-5/h6-12H,13H2,1-5H3,(H,24,28). The van der Waals surface area contributed by atoms with Crippen molar-refractivity contribution in [2.75, 3.05) is 19.0 Å². The van der Waals surface area contributed by atoms with Gasteiger partial charge in [-0.25, -0.2) is 4.68 Å². The molecule has 30 heavy (non-hydrogen) atoms. The minimum atomic E-state index is -0.335. The summed E-state index contributed by atoms with van der Waals surface area (Å²) in [7, 11) is 1.48. The van der Waals surface area contributed by atoms with Gasteiger partial charge < -0.3 is 14.8 Å². The van der Waals surface area contributed by atoms with Crippen LogP contribution in [-0.2, 0) is 4.79 Å². The molecule has 7 heteroatoms. The molecule has 156 valence electrons. The lowest BCUT2D eigenvalue weighted by atomic mass is 10.1. The van der Waals surface area contributed by atoms with E-state index in [1.165, 1.54) is 14.0 Å². The predicted molar refractivity (Wildman–Crippen MR) is 115 cm³/mol. The molecule has 0 aliphatic rings. The monoisotopic (exact) mass is 407 g/mol. The second-order valence-corrected chi connectivity index (χ2v) is 7.19. The molecular formula is C23H25N3O4. The van der Waals surface area contributed by atoms with Crippen molar-refractivity contribution in [1.29, 1.82) is 0 Å². The quantitative estimate of drug-likeness (QED) is 0.598. The lowest BCUT2D eigenvalue weighted by Crippen LogP contribution is -2.22. The van der Waals surface area contributed by atoms with Crippen LogP contribution in [0.2, 0.25) is 0 Å². The van der Waals surface area contributed by atoms with Gasteiger partial charge in [0.05, 0.1) is 18.5 Å². The summed E-state index contributed by atoms with van der Waals surface area (Å²) >= 11 is 0. The van der Waals surface area contributed by atoms with Crippen molar-refractivity contribution in [2.24, 2.45) is 0 Å². The highest BCUT2D eigenvalue weighted by molar-refractivity contribution is 5.95. The summed E-state index contributed by atoms with van der Waals surface area (Å²) in [6, 6.07) is 12.7. The van der Waals surface area contributed by atoms with Crippen molar-refractivity contribution < 1.29 is 19.1 Å². The summed E-state index contributed by atoms with van der Waals surface area (Å²) in [5.41, 5.74) is 4.39. The largest absolute Gasteiger partial charge is 0.493 e. The van der Waals surface area contributed by atoms with E-state index < -0.39 is 0 Å². The Kier molecular flexibility index (Phi) is 6.20. The van der Waals surface area contributed by atoms with E-state index in [9.17, 15) is 9.59 Å². The Hall–Kier alpha value is -3.61. The van der Waals surface area contributed by atoms with Gasteiger partial charge >= 0.3 is 0 Å². The van der Waals surface area contributed by atoms with E-state index in [-0.39, 0.29) is 18.3 Å². The number of rotatable bonds is 7. The summed E-state index contributed by atoms with van der Waals surface area (Å²) in [4.78, 5) is 24.0. The van der Waals surface area contributed by atoms with Crippen molar-refractivity contribution in [3.05, 3.63) is 64.8 Å². The maximum absolute atomic E-state index is 12.5. The number of amides is 1. The van der Waals surface area contributed by atoms with E-state index in [0.29, 0.717) is 22.9 Å². The van der Waals surface area contributed by atoms with E-state index in [1.54, 1.807) is 28.9 Å². The van der Waals surface area contributed by atoms with E-state index in [2.05, 4.69) is 16.5 Å². The molecule has 0 saturated heterocycles. The first-order chi connectivity index (χ1) is 14.3. The fraction of sp³-hybridized carbons (Fsp3) is 0.261. The minimum absolute atomic E-state index is 0.0763. The molecule has 0 aliphatic heterocycles. The number of nitrogens with zero attached hydrogens (tertiary/aromatic N) is 2. The van der Waals surface area contributed by atoms with Crippen LogP contribution in [0, 0.1) is 20.8 Å². The van der Waals surface area contributed by atoms with Gasteiger partial charge in [0.1, 0.15) is 5.82 Å². The van der Waals surface area contributed by atoms with E-state index in [4.69, 9.17) is 9.47 Å². The number of methoxy groups -OCH3 is 1. The third kappa shape index (κ3) is 4.86. The van der Waals surface area contributed by atoms with Gasteiger partial charge in [-0.2, -0.15) is 5.10 Å². The summed E-state index contributed by atoms with van der Waals surface area (Å²) in [5.74, 6) is 0.930. The maximum atomic E-state index is 12.5. The summed E-state index contributed by atoms with van der Waals surface area (Å²) in [6.45, 7) is 7.16. The van der Waals surface area contributed by atoms with Crippen LogP contribution >= 0.6 is 0 Å². The zero-order valence-corrected chi connectivity index (χ0v) is 17.8. The van der Waals surface area contributed by atoms with Gasteiger partial charge in [0.15, 0.2) is 23.9 Å². The molecule has 1 aromatic heterocycles. The van der Waals surface area contributed by atoms with E-state index in [1.807, 2.05) is 32.9 Å². The molecule has 1 N–H and O–H groups in total. The zero-order chi connectivity index (χ0) is 21.8. The fourth-order valence-electron chi connectivity index (χ4n) is 3.19. The number of anilines is 1. The van der Waals surface area contributed by atoms with Crippen LogP contribution in [0.1, 0.15) is 34.1 Å². The third-order valence-electron chi connectivity index (χ3n) is 4.48. The van der Waals surface area contributed by atoms with Gasteiger partial charge in [-0.15, -0.1) is 0 Å². The fourth-order valence-corrected chi connectivity index (χ4v) is 3.19. The molecule has 1 amide bonds. The summed E-state index contributed by atoms with van der Waals surface area (Å²) in [5, 5.41) is 7.34. The Labute approximate surface area is 175 Å². The highest BCUT2D eigenvalue weighted by Crippen LogP contribution is 2.28. The Balaban J connectivity index is 1.74. The zero-order valence-electron chi connectivity index (χ0n) is 17.8. The van der Waals surface area contributed by atoms with E-state index >= 15 is 0 Å². The van der Waals surface area contributed by atoms with Crippen LogP contribution in [0.15, 0.2) is 42.5 Å². The molecule has 0 saturated carbocycles. The molecule has 3 aromatic rings. The van der Waals surface area contributed by atoms with Gasteiger partial charge in [-0.3, -0.25) is 9.59 Å². The SMILES string of the molecule is COc1cc(C(C)=O)ccc1OCC(=O)Nc1cc(C)nn1-c1cc(C)cc(C)c1. The molecule has 3 rings (SSSR count). The normalized spacial score (nSPS) is 10.6. The number of Topliss-reactive ketones (excluding diaryl/α,β-unsaturated/α-hetero) is 1. The number of carbonyl (C=O) groups excluding carboxylic acids is 2. The number of hydrogen-bond donors (Lipinski definition) is 1. The van der Waals surface area contributed by atoms with Crippen LogP contribution in [-0.4, -0.2) is 35.2 Å². The number of nitrogens with one attached hydrogen (secondary N) is 1. The Morgan fingerprint density at radius 3 is 2.33 bits per heavy atom. The van der Waals surface area contributed by atoms with Gasteiger partial charge in [0, 0.05) is 11.6 Å². The molecule has 0 radical (unpaired) electrons. The smallest absolute Gasteiger partial charge is 0.263 e. The number of aromatic nitrogens is 2. The maximum Gasteiger partial charge on any atom is 0.263 e. The molecule has 0 fully saturated rings. The molecule has 0 aliphatic carbocycles. The predicted octanol–water partition coefficient (Wildman–Crippen LogP) is 4.03. The van der Waals surface area contributed by atoms with Crippen molar-refractivity contribution in [1.82, 2.24) is 9.78 Å². The number of aryl methyl sites for hydroxylation is 3. The first-order valence-corrected chi connectivity index (χ1v) is 9.54. The first kappa shape index (κ1) is 21.1. The van der Waals surface area contributed by atoms with Crippen LogP contribution in [0.4, 0.5) is 5.82 Å². The lowest BCUT2D eigenvalue weighted by Gasteiger charge is -2.13. The van der Waals surface area contributed by atoms with Crippen LogP contribution in [0.3, 0.4) is 0 Å². The number of carbonyl (C=O) groups is 2. The molecule has 0 spiro atoms.